The van der Waals surface area contributed by atoms with Crippen molar-refractivity contribution < 1.29 is 14.3 Å². The van der Waals surface area contributed by atoms with Gasteiger partial charge in [-0.05, 0) is 35.8 Å². The minimum absolute atomic E-state index is 0.657. The summed E-state index contributed by atoms with van der Waals surface area (Å²) in [5.41, 5.74) is 4.10. The number of nitrogens with zero attached hydrogens (tertiary/aromatic N) is 1. The summed E-state index contributed by atoms with van der Waals surface area (Å²) < 4.78 is 10.8. The second-order valence-electron chi connectivity index (χ2n) is 5.35. The number of carbonyl (C=O) groups excluding carboxylic acids is 1. The highest BCUT2D eigenvalue weighted by molar-refractivity contribution is 5.88. The average molecular weight is 309 g/mol. The van der Waals surface area contributed by atoms with Crippen LogP contribution in [0, 0.1) is 0 Å². The fourth-order valence-electron chi connectivity index (χ4n) is 2.86. The van der Waals surface area contributed by atoms with Crippen LogP contribution in [0.25, 0.3) is 11.8 Å². The van der Waals surface area contributed by atoms with Crippen molar-refractivity contribution in [2.24, 2.45) is 0 Å². The minimum atomic E-state index is 0.657. The maximum Gasteiger partial charge on any atom is 0.214 e. The molecule has 3 rings (SSSR count). The van der Waals surface area contributed by atoms with Crippen molar-refractivity contribution >= 4 is 18.2 Å². The Kier molecular flexibility index (Phi) is 4.33. The standard InChI is InChI=1S/C19H19NO3/c1-22-18-11-15-8-9-20(13-21)17(16(15)12-19(18)23-2)10-14-6-4-3-5-7-14/h3-7,10-13H,8-9H2,1-2H3/b17-10+. The summed E-state index contributed by atoms with van der Waals surface area (Å²) in [5, 5.41) is 0. The molecule has 0 spiro atoms. The molecule has 118 valence electrons. The molecule has 0 bridgehead atoms. The van der Waals surface area contributed by atoms with E-state index in [0.717, 1.165) is 35.2 Å². The van der Waals surface area contributed by atoms with Gasteiger partial charge in [-0.1, -0.05) is 30.3 Å². The van der Waals surface area contributed by atoms with E-state index in [1.807, 2.05) is 48.5 Å². The van der Waals surface area contributed by atoms with Crippen LogP contribution < -0.4 is 9.47 Å². The van der Waals surface area contributed by atoms with Gasteiger partial charge in [-0.25, -0.2) is 0 Å². The topological polar surface area (TPSA) is 38.8 Å². The fourth-order valence-corrected chi connectivity index (χ4v) is 2.86. The molecule has 4 heteroatoms. The highest BCUT2D eigenvalue weighted by Gasteiger charge is 2.23. The van der Waals surface area contributed by atoms with Gasteiger partial charge >= 0.3 is 0 Å². The number of ether oxygens (including phenoxy) is 2. The van der Waals surface area contributed by atoms with Crippen LogP contribution in [0.5, 0.6) is 11.5 Å². The molecule has 0 fully saturated rings. The van der Waals surface area contributed by atoms with Gasteiger partial charge in [-0.3, -0.25) is 4.79 Å². The highest BCUT2D eigenvalue weighted by atomic mass is 16.5. The van der Waals surface area contributed by atoms with Crippen LogP contribution in [-0.2, 0) is 11.2 Å². The van der Waals surface area contributed by atoms with E-state index in [0.29, 0.717) is 18.0 Å². The molecule has 1 aliphatic heterocycles. The number of rotatable bonds is 4. The Bertz CT molecular complexity index is 738. The van der Waals surface area contributed by atoms with Crippen LogP contribution in [-0.4, -0.2) is 32.1 Å². The van der Waals surface area contributed by atoms with E-state index in [2.05, 4.69) is 0 Å². The molecular weight excluding hydrogens is 290 g/mol. The summed E-state index contributed by atoms with van der Waals surface area (Å²) >= 11 is 0. The molecule has 0 atom stereocenters. The van der Waals surface area contributed by atoms with E-state index in [-0.39, 0.29) is 0 Å². The summed E-state index contributed by atoms with van der Waals surface area (Å²) in [5.74, 6) is 1.38. The molecule has 1 heterocycles. The number of hydrogen-bond donors (Lipinski definition) is 0. The highest BCUT2D eigenvalue weighted by Crippen LogP contribution is 2.37. The Morgan fingerprint density at radius 1 is 1.04 bits per heavy atom. The van der Waals surface area contributed by atoms with Gasteiger partial charge in [0.05, 0.1) is 19.9 Å². The Labute approximate surface area is 135 Å². The van der Waals surface area contributed by atoms with Gasteiger partial charge in [-0.2, -0.15) is 0 Å². The molecule has 4 nitrogen and oxygen atoms in total. The van der Waals surface area contributed by atoms with Crippen molar-refractivity contribution in [3.63, 3.8) is 0 Å². The Balaban J connectivity index is 2.15. The number of methoxy groups -OCH3 is 2. The molecule has 0 N–H and O–H groups in total. The summed E-state index contributed by atoms with van der Waals surface area (Å²) in [6.07, 6.45) is 3.70. The molecule has 0 aliphatic carbocycles. The molecule has 0 saturated carbocycles. The lowest BCUT2D eigenvalue weighted by molar-refractivity contribution is -0.115. The van der Waals surface area contributed by atoms with Crippen LogP contribution in [0.1, 0.15) is 16.7 Å². The third-order valence-electron chi connectivity index (χ3n) is 4.05. The summed E-state index contributed by atoms with van der Waals surface area (Å²) in [4.78, 5) is 13.2. The Morgan fingerprint density at radius 2 is 1.74 bits per heavy atom. The van der Waals surface area contributed by atoms with Crippen LogP contribution in [0.4, 0.5) is 0 Å². The first-order chi connectivity index (χ1) is 11.3. The Morgan fingerprint density at radius 3 is 2.39 bits per heavy atom. The van der Waals surface area contributed by atoms with E-state index in [1.54, 1.807) is 19.1 Å². The van der Waals surface area contributed by atoms with Gasteiger partial charge in [0.25, 0.3) is 0 Å². The third-order valence-corrected chi connectivity index (χ3v) is 4.05. The lowest BCUT2D eigenvalue weighted by atomic mass is 9.94. The maximum atomic E-state index is 11.5. The molecule has 0 unspecified atom stereocenters. The first kappa shape index (κ1) is 15.2. The minimum Gasteiger partial charge on any atom is -0.493 e. The van der Waals surface area contributed by atoms with Crippen LogP contribution in [0.2, 0.25) is 0 Å². The zero-order valence-electron chi connectivity index (χ0n) is 13.3. The van der Waals surface area contributed by atoms with Gasteiger partial charge in [0.2, 0.25) is 6.41 Å². The van der Waals surface area contributed by atoms with Crippen molar-refractivity contribution in [2.75, 3.05) is 20.8 Å². The number of carbonyl (C=O) groups is 1. The van der Waals surface area contributed by atoms with Crippen molar-refractivity contribution in [3.05, 3.63) is 59.2 Å². The van der Waals surface area contributed by atoms with Gasteiger partial charge in [0.15, 0.2) is 11.5 Å². The Hall–Kier alpha value is -2.75. The monoisotopic (exact) mass is 309 g/mol. The smallest absolute Gasteiger partial charge is 0.214 e. The maximum absolute atomic E-state index is 11.5. The SMILES string of the molecule is COc1cc2c(cc1OC)/C(=C\c1ccccc1)N(C=O)CC2. The van der Waals surface area contributed by atoms with E-state index in [9.17, 15) is 4.79 Å². The van der Waals surface area contributed by atoms with E-state index >= 15 is 0 Å². The summed E-state index contributed by atoms with van der Waals surface area (Å²) in [6, 6.07) is 13.9. The second kappa shape index (κ2) is 6.57. The molecule has 2 aromatic rings. The van der Waals surface area contributed by atoms with Crippen LogP contribution >= 0.6 is 0 Å². The molecule has 0 radical (unpaired) electrons. The van der Waals surface area contributed by atoms with Crippen molar-refractivity contribution in [1.29, 1.82) is 0 Å². The van der Waals surface area contributed by atoms with E-state index in [1.165, 1.54) is 0 Å². The normalized spacial score (nSPS) is 15.2. The zero-order valence-corrected chi connectivity index (χ0v) is 13.3. The molecule has 2 aromatic carbocycles. The van der Waals surface area contributed by atoms with Gasteiger partial charge in [0.1, 0.15) is 0 Å². The second-order valence-corrected chi connectivity index (χ2v) is 5.35. The van der Waals surface area contributed by atoms with Gasteiger partial charge < -0.3 is 14.4 Å². The third kappa shape index (κ3) is 2.93. The first-order valence-corrected chi connectivity index (χ1v) is 7.50. The largest absolute Gasteiger partial charge is 0.493 e. The van der Waals surface area contributed by atoms with Crippen molar-refractivity contribution in [1.82, 2.24) is 4.90 Å². The van der Waals surface area contributed by atoms with Gasteiger partial charge in [0, 0.05) is 12.1 Å². The predicted molar refractivity (Wildman–Crippen MR) is 90.3 cm³/mol. The lowest BCUT2D eigenvalue weighted by Gasteiger charge is -2.29. The lowest BCUT2D eigenvalue weighted by Crippen LogP contribution is -2.28. The molecule has 0 aromatic heterocycles. The first-order valence-electron chi connectivity index (χ1n) is 7.50. The van der Waals surface area contributed by atoms with Gasteiger partial charge in [-0.15, -0.1) is 0 Å². The van der Waals surface area contributed by atoms with Crippen molar-refractivity contribution in [3.8, 4) is 11.5 Å². The van der Waals surface area contributed by atoms with E-state index in [4.69, 9.17) is 9.47 Å². The fraction of sp³-hybridized carbons (Fsp3) is 0.211. The predicted octanol–water partition coefficient (Wildman–Crippen LogP) is 3.22. The number of benzene rings is 2. The van der Waals surface area contributed by atoms with Crippen LogP contribution in [0.3, 0.4) is 0 Å². The average Bonchev–Trinajstić information content (AvgIpc) is 2.61. The summed E-state index contributed by atoms with van der Waals surface area (Å²) in [7, 11) is 3.25. The molecular formula is C19H19NO3. The summed E-state index contributed by atoms with van der Waals surface area (Å²) in [6.45, 7) is 0.657. The molecule has 0 saturated heterocycles. The molecule has 1 amide bonds. The van der Waals surface area contributed by atoms with E-state index < -0.39 is 0 Å². The number of amides is 1. The quantitative estimate of drug-likeness (QED) is 0.814. The molecule has 23 heavy (non-hydrogen) atoms. The van der Waals surface area contributed by atoms with Crippen LogP contribution in [0.15, 0.2) is 42.5 Å². The number of hydrogen-bond acceptors (Lipinski definition) is 3. The number of fused-ring (bicyclic) bond motifs is 1. The van der Waals surface area contributed by atoms with Crippen molar-refractivity contribution in [2.45, 2.75) is 6.42 Å². The molecule has 1 aliphatic rings. The zero-order chi connectivity index (χ0) is 16.2.